The average Bonchev–Trinajstić information content (AvgIpc) is 3.13. The molecule has 2 heterocycles. The molecule has 4 rings (SSSR count). The smallest absolute Gasteiger partial charge is 0.348 e. The van der Waals surface area contributed by atoms with E-state index in [4.69, 9.17) is 14.2 Å². The van der Waals surface area contributed by atoms with Crippen LogP contribution in [0, 0.1) is 12.7 Å². The molecule has 170 valence electrons. The lowest BCUT2D eigenvalue weighted by Gasteiger charge is -2.29. The minimum absolute atomic E-state index is 0.0558. The number of carbonyl (C=O) groups is 1. The molecule has 2 atom stereocenters. The predicted octanol–water partition coefficient (Wildman–Crippen LogP) is 5.40. The van der Waals surface area contributed by atoms with Gasteiger partial charge in [0.15, 0.2) is 0 Å². The van der Waals surface area contributed by atoms with E-state index >= 15 is 0 Å². The number of thiophene rings is 1. The fourth-order valence-electron chi connectivity index (χ4n) is 3.99. The highest BCUT2D eigenvalue weighted by Gasteiger charge is 2.25. The van der Waals surface area contributed by atoms with Crippen LogP contribution in [0.1, 0.15) is 47.8 Å². The van der Waals surface area contributed by atoms with E-state index in [1.165, 1.54) is 29.8 Å². The zero-order valence-electron chi connectivity index (χ0n) is 18.3. The van der Waals surface area contributed by atoms with Crippen LogP contribution in [-0.4, -0.2) is 41.9 Å². The molecule has 0 radical (unpaired) electrons. The molecule has 1 aliphatic carbocycles. The number of nitrogens with one attached hydrogen (secondary N) is 1. The molecule has 9 heteroatoms. The van der Waals surface area contributed by atoms with Gasteiger partial charge in [-0.05, 0) is 50.8 Å². The summed E-state index contributed by atoms with van der Waals surface area (Å²) in [7, 11) is 1.70. The van der Waals surface area contributed by atoms with E-state index in [1.54, 1.807) is 20.1 Å². The van der Waals surface area contributed by atoms with Crippen LogP contribution in [0.4, 0.5) is 15.9 Å². The summed E-state index contributed by atoms with van der Waals surface area (Å²) in [6.45, 7) is 3.91. The first kappa shape index (κ1) is 22.4. The van der Waals surface area contributed by atoms with E-state index in [2.05, 4.69) is 15.3 Å². The summed E-state index contributed by atoms with van der Waals surface area (Å²) < 4.78 is 30.9. The van der Waals surface area contributed by atoms with Crippen molar-refractivity contribution >= 4 is 39.0 Å². The second kappa shape index (κ2) is 9.79. The maximum atomic E-state index is 14.1. The van der Waals surface area contributed by atoms with Gasteiger partial charge in [-0.3, -0.25) is 0 Å². The van der Waals surface area contributed by atoms with Crippen LogP contribution in [0.15, 0.2) is 24.5 Å². The van der Waals surface area contributed by atoms with Gasteiger partial charge in [0.05, 0.1) is 23.8 Å². The molecule has 0 amide bonds. The topological polar surface area (TPSA) is 82.6 Å². The Bertz CT molecular complexity index is 1120. The van der Waals surface area contributed by atoms with Crippen LogP contribution in [0.25, 0.3) is 10.2 Å². The molecule has 3 aromatic rings. The van der Waals surface area contributed by atoms with Crippen molar-refractivity contribution < 1.29 is 23.4 Å². The molecule has 1 aliphatic rings. The zero-order chi connectivity index (χ0) is 22.7. The molecule has 7 nitrogen and oxygen atoms in total. The first-order chi connectivity index (χ1) is 15.5. The number of aryl methyl sites for hydroxylation is 1. The highest BCUT2D eigenvalue weighted by atomic mass is 32.1. The number of benzene rings is 1. The lowest BCUT2D eigenvalue weighted by atomic mass is 9.95. The number of esters is 1. The maximum absolute atomic E-state index is 14.1. The third-order valence-corrected chi connectivity index (χ3v) is 6.77. The summed E-state index contributed by atoms with van der Waals surface area (Å²) in [5, 5.41) is 3.99. The Labute approximate surface area is 189 Å². The van der Waals surface area contributed by atoms with Crippen LogP contribution >= 0.6 is 11.3 Å². The lowest BCUT2D eigenvalue weighted by molar-refractivity contribution is 0.0211. The molecule has 0 unspecified atom stereocenters. The molecule has 0 spiro atoms. The van der Waals surface area contributed by atoms with Gasteiger partial charge in [-0.25, -0.2) is 19.2 Å². The van der Waals surface area contributed by atoms with Crippen molar-refractivity contribution in [1.82, 2.24) is 9.97 Å². The Morgan fingerprint density at radius 3 is 2.88 bits per heavy atom. The number of hydrogen-bond donors (Lipinski definition) is 1. The molecular formula is C23H26FN3O4S. The Hall–Kier alpha value is -2.78. The number of fused-ring (bicyclic) bond motifs is 1. The number of halogens is 1. The minimum atomic E-state index is -0.381. The van der Waals surface area contributed by atoms with Crippen LogP contribution in [-0.2, 0) is 9.47 Å². The largest absolute Gasteiger partial charge is 0.488 e. The molecule has 1 fully saturated rings. The number of ether oxygens (including phenoxy) is 3. The number of nitrogens with zero attached hydrogens (tertiary/aromatic N) is 2. The number of methoxy groups -OCH3 is 1. The predicted molar refractivity (Wildman–Crippen MR) is 121 cm³/mol. The van der Waals surface area contributed by atoms with Gasteiger partial charge in [0, 0.05) is 19.6 Å². The number of hydrogen-bond acceptors (Lipinski definition) is 8. The molecule has 0 aliphatic heterocycles. The first-order valence-electron chi connectivity index (χ1n) is 10.7. The average molecular weight is 460 g/mol. The Balaban J connectivity index is 1.65. The fourth-order valence-corrected chi connectivity index (χ4v) is 5.03. The van der Waals surface area contributed by atoms with Crippen LogP contribution in [0.2, 0.25) is 0 Å². The highest BCUT2D eigenvalue weighted by molar-refractivity contribution is 7.20. The maximum Gasteiger partial charge on any atom is 0.348 e. The summed E-state index contributed by atoms with van der Waals surface area (Å²) in [6, 6.07) is 4.38. The van der Waals surface area contributed by atoms with Crippen molar-refractivity contribution in [3.05, 3.63) is 40.8 Å². The summed E-state index contributed by atoms with van der Waals surface area (Å²) in [6.07, 6.45) is 5.18. The third kappa shape index (κ3) is 4.68. The van der Waals surface area contributed by atoms with Gasteiger partial charge in [0.25, 0.3) is 0 Å². The Morgan fingerprint density at radius 2 is 2.09 bits per heavy atom. The first-order valence-corrected chi connectivity index (χ1v) is 11.5. The van der Waals surface area contributed by atoms with Gasteiger partial charge >= 0.3 is 5.97 Å². The van der Waals surface area contributed by atoms with Crippen molar-refractivity contribution in [2.24, 2.45) is 0 Å². The van der Waals surface area contributed by atoms with E-state index in [-0.39, 0.29) is 24.0 Å². The fraction of sp³-hybridized carbons (Fsp3) is 0.435. The van der Waals surface area contributed by atoms with Crippen LogP contribution in [0.5, 0.6) is 5.75 Å². The van der Waals surface area contributed by atoms with Crippen molar-refractivity contribution in [2.75, 3.05) is 19.0 Å². The highest BCUT2D eigenvalue weighted by Crippen LogP contribution is 2.37. The molecular weight excluding hydrogens is 433 g/mol. The van der Waals surface area contributed by atoms with Gasteiger partial charge in [-0.2, -0.15) is 0 Å². The monoisotopic (exact) mass is 459 g/mol. The molecule has 1 aromatic carbocycles. The second-order valence-electron chi connectivity index (χ2n) is 7.71. The summed E-state index contributed by atoms with van der Waals surface area (Å²) in [5.74, 6) is 0.176. The third-order valence-electron chi connectivity index (χ3n) is 5.59. The zero-order valence-corrected chi connectivity index (χ0v) is 19.1. The van der Waals surface area contributed by atoms with Gasteiger partial charge in [-0.15, -0.1) is 11.3 Å². The lowest BCUT2D eigenvalue weighted by Crippen LogP contribution is -2.29. The van der Waals surface area contributed by atoms with E-state index in [0.717, 1.165) is 36.6 Å². The summed E-state index contributed by atoms with van der Waals surface area (Å²) in [5.41, 5.74) is 1.33. The minimum Gasteiger partial charge on any atom is -0.488 e. The molecule has 2 aromatic heterocycles. The Morgan fingerprint density at radius 1 is 1.28 bits per heavy atom. The van der Waals surface area contributed by atoms with Crippen LogP contribution < -0.4 is 10.1 Å². The number of anilines is 2. The van der Waals surface area contributed by atoms with Crippen molar-refractivity contribution in [3.63, 3.8) is 0 Å². The number of aromatic nitrogens is 2. The second-order valence-corrected chi connectivity index (χ2v) is 8.71. The normalized spacial score (nSPS) is 18.5. The molecule has 0 saturated heterocycles. The van der Waals surface area contributed by atoms with E-state index in [0.29, 0.717) is 33.6 Å². The standard InChI is InChI=1S/C23H26FN3O4S/c1-4-30-23(28)20-13(2)19-21(25-12-26-22(19)32-20)27-17-9-8-14(24)10-18(17)31-16-7-5-6-15(11-16)29-3/h8-10,12,15-16H,4-7,11H2,1-3H3,(H,25,26,27)/t15-,16+/m1/s1. The van der Waals surface area contributed by atoms with Crippen molar-refractivity contribution in [1.29, 1.82) is 0 Å². The van der Waals surface area contributed by atoms with E-state index in [1.807, 2.05) is 6.92 Å². The number of carbonyl (C=O) groups excluding carboxylic acids is 1. The van der Waals surface area contributed by atoms with Crippen molar-refractivity contribution in [3.8, 4) is 5.75 Å². The van der Waals surface area contributed by atoms with Crippen molar-refractivity contribution in [2.45, 2.75) is 51.7 Å². The Kier molecular flexibility index (Phi) is 6.86. The molecule has 1 N–H and O–H groups in total. The van der Waals surface area contributed by atoms with Gasteiger partial charge in [0.1, 0.15) is 39.5 Å². The molecule has 32 heavy (non-hydrogen) atoms. The van der Waals surface area contributed by atoms with Gasteiger partial charge in [-0.1, -0.05) is 0 Å². The van der Waals surface area contributed by atoms with Gasteiger partial charge < -0.3 is 19.5 Å². The van der Waals surface area contributed by atoms with E-state index < -0.39 is 0 Å². The van der Waals surface area contributed by atoms with Crippen LogP contribution in [0.3, 0.4) is 0 Å². The quantitative estimate of drug-likeness (QED) is 0.474. The molecule has 0 bridgehead atoms. The molecule has 1 saturated carbocycles. The summed E-state index contributed by atoms with van der Waals surface area (Å²) >= 11 is 1.26. The van der Waals surface area contributed by atoms with Gasteiger partial charge in [0.2, 0.25) is 0 Å². The SMILES string of the molecule is CCOC(=O)c1sc2ncnc(Nc3ccc(F)cc3O[C@H]3CCC[C@@H](OC)C3)c2c1C. The van der Waals surface area contributed by atoms with E-state index in [9.17, 15) is 9.18 Å². The number of rotatable bonds is 7. The summed E-state index contributed by atoms with van der Waals surface area (Å²) in [4.78, 5) is 22.2.